The fourth-order valence-corrected chi connectivity index (χ4v) is 2.34. The van der Waals surface area contributed by atoms with Crippen LogP contribution in [0.15, 0.2) is 27.9 Å². The van der Waals surface area contributed by atoms with Crippen LogP contribution in [0.1, 0.15) is 20.1 Å². The number of carbonyl (C=O) groups is 1. The molecule has 0 bridgehead atoms. The van der Waals surface area contributed by atoms with Gasteiger partial charge in [0.05, 0.1) is 18.0 Å². The molecule has 0 aliphatic heterocycles. The summed E-state index contributed by atoms with van der Waals surface area (Å²) in [5.74, 6) is 5.08. The Kier molecular flexibility index (Phi) is 4.71. The van der Waals surface area contributed by atoms with E-state index in [0.29, 0.717) is 6.54 Å². The fraction of sp³-hybridized carbons (Fsp3) is 0.154. The Morgan fingerprint density at radius 2 is 2.19 bits per heavy atom. The SMILES string of the molecule is NCC#Cc1ccc(CNC(=O)c2c[nH]c(=O)[nH]c2=O)s1. The minimum Gasteiger partial charge on any atom is -0.347 e. The van der Waals surface area contributed by atoms with E-state index in [4.69, 9.17) is 5.73 Å². The summed E-state index contributed by atoms with van der Waals surface area (Å²) in [6.07, 6.45) is 1.09. The Morgan fingerprint density at radius 1 is 1.38 bits per heavy atom. The molecule has 0 aromatic carbocycles. The number of H-pyrrole nitrogens is 2. The Morgan fingerprint density at radius 3 is 2.90 bits per heavy atom. The number of rotatable bonds is 3. The van der Waals surface area contributed by atoms with Crippen molar-refractivity contribution in [2.45, 2.75) is 6.54 Å². The Balaban J connectivity index is 2.02. The first-order valence-corrected chi connectivity index (χ1v) is 6.79. The number of hydrogen-bond donors (Lipinski definition) is 4. The maximum atomic E-state index is 11.8. The number of carbonyl (C=O) groups excluding carboxylic acids is 1. The van der Waals surface area contributed by atoms with Gasteiger partial charge in [0.1, 0.15) is 5.56 Å². The zero-order valence-corrected chi connectivity index (χ0v) is 11.7. The molecule has 2 aromatic heterocycles. The molecular weight excluding hydrogens is 292 g/mol. The van der Waals surface area contributed by atoms with Crippen molar-refractivity contribution in [3.63, 3.8) is 0 Å². The van der Waals surface area contributed by atoms with E-state index < -0.39 is 17.2 Å². The lowest BCUT2D eigenvalue weighted by atomic mass is 10.3. The van der Waals surface area contributed by atoms with Crippen LogP contribution >= 0.6 is 11.3 Å². The summed E-state index contributed by atoms with van der Waals surface area (Å²) in [4.78, 5) is 40.1. The Hall–Kier alpha value is -2.63. The van der Waals surface area contributed by atoms with Crippen LogP contribution in [0.3, 0.4) is 0 Å². The van der Waals surface area contributed by atoms with Crippen LogP contribution in [0.5, 0.6) is 0 Å². The third-order valence-corrected chi connectivity index (χ3v) is 3.46. The van der Waals surface area contributed by atoms with Gasteiger partial charge in [-0.15, -0.1) is 11.3 Å². The molecule has 0 atom stereocenters. The molecule has 0 fully saturated rings. The molecule has 5 N–H and O–H groups in total. The van der Waals surface area contributed by atoms with Gasteiger partial charge in [-0.1, -0.05) is 11.8 Å². The van der Waals surface area contributed by atoms with Gasteiger partial charge in [-0.05, 0) is 12.1 Å². The summed E-state index contributed by atoms with van der Waals surface area (Å²) in [5, 5.41) is 2.60. The summed E-state index contributed by atoms with van der Waals surface area (Å²) in [6, 6.07) is 3.67. The lowest BCUT2D eigenvalue weighted by Crippen LogP contribution is -2.33. The van der Waals surface area contributed by atoms with Crippen molar-refractivity contribution in [2.24, 2.45) is 5.73 Å². The van der Waals surface area contributed by atoms with Gasteiger partial charge < -0.3 is 16.0 Å². The van der Waals surface area contributed by atoms with Crippen LogP contribution in [-0.4, -0.2) is 22.4 Å². The van der Waals surface area contributed by atoms with Crippen molar-refractivity contribution >= 4 is 17.2 Å². The minimum absolute atomic E-state index is 0.144. The maximum Gasteiger partial charge on any atom is 0.325 e. The van der Waals surface area contributed by atoms with Gasteiger partial charge in [0.25, 0.3) is 11.5 Å². The Labute approximate surface area is 123 Å². The van der Waals surface area contributed by atoms with Crippen LogP contribution in [-0.2, 0) is 6.54 Å². The van der Waals surface area contributed by atoms with Gasteiger partial charge in [-0.3, -0.25) is 14.6 Å². The number of amides is 1. The van der Waals surface area contributed by atoms with E-state index in [9.17, 15) is 14.4 Å². The molecule has 2 heterocycles. The molecule has 0 radical (unpaired) electrons. The molecule has 8 heteroatoms. The number of hydrogen-bond acceptors (Lipinski definition) is 5. The van der Waals surface area contributed by atoms with Gasteiger partial charge in [0.2, 0.25) is 0 Å². The average Bonchev–Trinajstić information content (AvgIpc) is 2.90. The van der Waals surface area contributed by atoms with Crippen molar-refractivity contribution in [1.82, 2.24) is 15.3 Å². The van der Waals surface area contributed by atoms with E-state index in [1.54, 1.807) is 0 Å². The molecule has 7 nitrogen and oxygen atoms in total. The first-order chi connectivity index (χ1) is 10.1. The molecule has 0 saturated heterocycles. The van der Waals surface area contributed by atoms with Crippen molar-refractivity contribution in [1.29, 1.82) is 0 Å². The van der Waals surface area contributed by atoms with E-state index in [2.05, 4.69) is 22.1 Å². The largest absolute Gasteiger partial charge is 0.347 e. The lowest BCUT2D eigenvalue weighted by molar-refractivity contribution is 0.0949. The molecule has 108 valence electrons. The standard InChI is InChI=1S/C13H12N4O3S/c14-5-1-2-8-3-4-9(21-8)6-15-11(18)10-7-16-13(20)17-12(10)19/h3-4,7H,5-6,14H2,(H,15,18)(H2,16,17,19,20). The highest BCUT2D eigenvalue weighted by Gasteiger charge is 2.10. The molecule has 2 rings (SSSR count). The normalized spacial score (nSPS) is 9.76. The highest BCUT2D eigenvalue weighted by Crippen LogP contribution is 2.14. The van der Waals surface area contributed by atoms with Crippen molar-refractivity contribution < 1.29 is 4.79 Å². The molecule has 2 aromatic rings. The summed E-state index contributed by atoms with van der Waals surface area (Å²) in [5.41, 5.74) is 3.76. The molecule has 0 spiro atoms. The van der Waals surface area contributed by atoms with E-state index in [1.165, 1.54) is 11.3 Å². The van der Waals surface area contributed by atoms with Crippen molar-refractivity contribution in [3.8, 4) is 11.8 Å². The first kappa shape index (κ1) is 14.8. The number of aromatic amines is 2. The van der Waals surface area contributed by atoms with E-state index >= 15 is 0 Å². The number of nitrogens with one attached hydrogen (secondary N) is 3. The second-order valence-corrected chi connectivity index (χ2v) is 5.11. The highest BCUT2D eigenvalue weighted by molar-refractivity contribution is 7.12. The predicted octanol–water partition coefficient (Wildman–Crippen LogP) is -0.635. The topological polar surface area (TPSA) is 121 Å². The molecule has 0 unspecified atom stereocenters. The second-order valence-electron chi connectivity index (χ2n) is 3.94. The van der Waals surface area contributed by atoms with Gasteiger partial charge in [-0.2, -0.15) is 0 Å². The first-order valence-electron chi connectivity index (χ1n) is 5.98. The number of thiophene rings is 1. The van der Waals surface area contributed by atoms with Crippen molar-refractivity contribution in [2.75, 3.05) is 6.54 Å². The quantitative estimate of drug-likeness (QED) is 0.564. The zero-order valence-electron chi connectivity index (χ0n) is 10.9. The molecule has 0 aliphatic carbocycles. The summed E-state index contributed by atoms with van der Waals surface area (Å²) < 4.78 is 0. The lowest BCUT2D eigenvalue weighted by Gasteiger charge is -2.02. The third kappa shape index (κ3) is 3.92. The Bertz CT molecular complexity index is 822. The summed E-state index contributed by atoms with van der Waals surface area (Å²) in [7, 11) is 0. The van der Waals surface area contributed by atoms with Crippen LogP contribution in [0.2, 0.25) is 0 Å². The highest BCUT2D eigenvalue weighted by atomic mass is 32.1. The molecule has 1 amide bonds. The van der Waals surface area contributed by atoms with E-state index in [0.717, 1.165) is 16.0 Å². The minimum atomic E-state index is -0.725. The zero-order chi connectivity index (χ0) is 15.2. The van der Waals surface area contributed by atoms with Crippen LogP contribution in [0, 0.1) is 11.8 Å². The smallest absolute Gasteiger partial charge is 0.325 e. The monoisotopic (exact) mass is 304 g/mol. The maximum absolute atomic E-state index is 11.8. The molecule has 0 saturated carbocycles. The molecule has 0 aliphatic rings. The fourth-order valence-electron chi connectivity index (χ4n) is 1.52. The van der Waals surface area contributed by atoms with Gasteiger partial charge in [0.15, 0.2) is 0 Å². The third-order valence-electron chi connectivity index (χ3n) is 2.46. The van der Waals surface area contributed by atoms with Gasteiger partial charge in [0, 0.05) is 11.1 Å². The summed E-state index contributed by atoms with van der Waals surface area (Å²) >= 11 is 1.43. The average molecular weight is 304 g/mol. The number of aromatic nitrogens is 2. The van der Waals surface area contributed by atoms with E-state index in [-0.39, 0.29) is 12.1 Å². The van der Waals surface area contributed by atoms with Crippen LogP contribution in [0.4, 0.5) is 0 Å². The van der Waals surface area contributed by atoms with Crippen molar-refractivity contribution in [3.05, 3.63) is 54.5 Å². The van der Waals surface area contributed by atoms with Gasteiger partial charge >= 0.3 is 5.69 Å². The van der Waals surface area contributed by atoms with Crippen LogP contribution < -0.4 is 22.3 Å². The van der Waals surface area contributed by atoms with Crippen LogP contribution in [0.25, 0.3) is 0 Å². The molecular formula is C13H12N4O3S. The molecule has 21 heavy (non-hydrogen) atoms. The van der Waals surface area contributed by atoms with E-state index in [1.807, 2.05) is 17.1 Å². The number of nitrogens with two attached hydrogens (primary N) is 1. The second kappa shape index (κ2) is 6.69. The predicted molar refractivity (Wildman–Crippen MR) is 79.1 cm³/mol. The van der Waals surface area contributed by atoms with Gasteiger partial charge in [-0.25, -0.2) is 4.79 Å². The summed E-state index contributed by atoms with van der Waals surface area (Å²) in [6.45, 7) is 0.561.